The maximum atomic E-state index is 13.6. The molecule has 7 nitrogen and oxygen atoms in total. The molecule has 3 heterocycles. The SMILES string of the molecule is O=c1/c(=C/c2ccc([O-])c([N+](=O)[O-])c2)sc2n1[C@H](c1cccs1)C1=C(N=2)c2ccccc2CC1. The molecule has 0 bridgehead atoms. The van der Waals surface area contributed by atoms with Crippen molar-refractivity contribution in [3.63, 3.8) is 0 Å². The number of fused-ring (bicyclic) bond motifs is 3. The molecule has 2 aromatic heterocycles. The molecule has 2 aromatic carbocycles. The lowest BCUT2D eigenvalue weighted by Gasteiger charge is -2.30. The van der Waals surface area contributed by atoms with Crippen molar-refractivity contribution >= 4 is 40.1 Å². The van der Waals surface area contributed by atoms with Crippen LogP contribution >= 0.6 is 22.7 Å². The Morgan fingerprint density at radius 3 is 2.76 bits per heavy atom. The number of aromatic nitrogens is 1. The summed E-state index contributed by atoms with van der Waals surface area (Å²) in [6.45, 7) is 0. The maximum absolute atomic E-state index is 13.6. The summed E-state index contributed by atoms with van der Waals surface area (Å²) in [5.74, 6) is -0.660. The first-order valence-corrected chi connectivity index (χ1v) is 12.3. The van der Waals surface area contributed by atoms with Crippen LogP contribution in [0.15, 0.2) is 75.3 Å². The van der Waals surface area contributed by atoms with Gasteiger partial charge in [-0.15, -0.1) is 11.3 Å². The Bertz CT molecular complexity index is 1680. The van der Waals surface area contributed by atoms with Gasteiger partial charge in [0.2, 0.25) is 0 Å². The van der Waals surface area contributed by atoms with E-state index in [0.29, 0.717) is 14.9 Å². The fourth-order valence-corrected chi connectivity index (χ4v) is 6.49. The molecule has 1 aliphatic heterocycles. The number of allylic oxidation sites excluding steroid dienone is 1. The van der Waals surface area contributed by atoms with Crippen LogP contribution in [0.25, 0.3) is 11.8 Å². The van der Waals surface area contributed by atoms with E-state index in [1.807, 2.05) is 29.6 Å². The van der Waals surface area contributed by atoms with Crippen molar-refractivity contribution in [2.24, 2.45) is 4.99 Å². The molecular weight excluding hydrogens is 470 g/mol. The van der Waals surface area contributed by atoms with E-state index in [2.05, 4.69) is 12.1 Å². The Hall–Kier alpha value is -3.82. The van der Waals surface area contributed by atoms with Crippen LogP contribution in [0.2, 0.25) is 0 Å². The Kier molecular flexibility index (Phi) is 4.82. The molecule has 4 aromatic rings. The van der Waals surface area contributed by atoms with Crippen molar-refractivity contribution in [3.8, 4) is 5.75 Å². The Labute approximate surface area is 201 Å². The van der Waals surface area contributed by atoms with Crippen LogP contribution in [-0.2, 0) is 6.42 Å². The van der Waals surface area contributed by atoms with E-state index in [1.54, 1.807) is 22.0 Å². The van der Waals surface area contributed by atoms with E-state index in [-0.39, 0.29) is 11.6 Å². The summed E-state index contributed by atoms with van der Waals surface area (Å²) in [5.41, 5.74) is 4.14. The van der Waals surface area contributed by atoms with Gasteiger partial charge in [-0.05, 0) is 52.8 Å². The molecule has 6 rings (SSSR count). The summed E-state index contributed by atoms with van der Waals surface area (Å²) in [7, 11) is 0. The van der Waals surface area contributed by atoms with Gasteiger partial charge in [-0.2, -0.15) is 0 Å². The molecule has 0 saturated carbocycles. The summed E-state index contributed by atoms with van der Waals surface area (Å²) in [6.07, 6.45) is 3.31. The zero-order valence-corrected chi connectivity index (χ0v) is 19.3. The molecule has 0 fully saturated rings. The smallest absolute Gasteiger partial charge is 0.271 e. The van der Waals surface area contributed by atoms with Gasteiger partial charge in [0.25, 0.3) is 11.2 Å². The van der Waals surface area contributed by atoms with E-state index in [4.69, 9.17) is 4.99 Å². The second kappa shape index (κ2) is 7.89. The molecule has 1 aliphatic carbocycles. The normalized spacial score (nSPS) is 17.1. The second-order valence-corrected chi connectivity index (χ2v) is 10.1. The van der Waals surface area contributed by atoms with Gasteiger partial charge in [-0.25, -0.2) is 4.99 Å². The fraction of sp³-hybridized carbons (Fsp3) is 0.120. The lowest BCUT2D eigenvalue weighted by molar-refractivity contribution is -0.398. The standard InChI is InChI=1S/C25H17N3O4S2/c29-19-10-7-14(12-18(19)28(31)32)13-21-24(30)27-23(20-6-3-11-33-20)17-9-8-15-4-1-2-5-16(15)22(17)26-25(27)34-21/h1-7,10-13,23,29H,8-9H2/p-1/b21-13-/t23-/m0/s1. The van der Waals surface area contributed by atoms with Gasteiger partial charge in [-0.1, -0.05) is 53.8 Å². The van der Waals surface area contributed by atoms with Crippen LogP contribution in [0.5, 0.6) is 5.75 Å². The Balaban J connectivity index is 1.59. The largest absolute Gasteiger partial charge is 0.868 e. The Morgan fingerprint density at radius 2 is 1.97 bits per heavy atom. The lowest BCUT2D eigenvalue weighted by atomic mass is 9.85. The van der Waals surface area contributed by atoms with E-state index < -0.39 is 16.4 Å². The van der Waals surface area contributed by atoms with Crippen molar-refractivity contribution in [2.75, 3.05) is 0 Å². The quantitative estimate of drug-likeness (QED) is 0.327. The summed E-state index contributed by atoms with van der Waals surface area (Å²) in [5, 5.41) is 25.0. The van der Waals surface area contributed by atoms with Crippen molar-refractivity contribution in [1.29, 1.82) is 0 Å². The zero-order chi connectivity index (χ0) is 23.4. The monoisotopic (exact) mass is 486 g/mol. The fourth-order valence-electron chi connectivity index (χ4n) is 4.64. The zero-order valence-electron chi connectivity index (χ0n) is 17.6. The molecule has 0 saturated heterocycles. The number of hydrogen-bond donors (Lipinski definition) is 0. The molecule has 2 aliphatic rings. The van der Waals surface area contributed by atoms with E-state index in [9.17, 15) is 20.0 Å². The topological polar surface area (TPSA) is 101 Å². The van der Waals surface area contributed by atoms with Crippen LogP contribution in [-0.4, -0.2) is 9.49 Å². The highest BCUT2D eigenvalue weighted by molar-refractivity contribution is 7.10. The number of aryl methyl sites for hydroxylation is 1. The molecule has 34 heavy (non-hydrogen) atoms. The number of rotatable bonds is 3. The number of hydrogen-bond acceptors (Lipinski definition) is 7. The molecule has 1 atom stereocenters. The van der Waals surface area contributed by atoms with E-state index in [1.165, 1.54) is 29.0 Å². The molecular formula is C25H16N3O4S2-. The highest BCUT2D eigenvalue weighted by atomic mass is 32.1. The highest BCUT2D eigenvalue weighted by Crippen LogP contribution is 2.42. The molecule has 168 valence electrons. The second-order valence-electron chi connectivity index (χ2n) is 8.11. The Morgan fingerprint density at radius 1 is 1.12 bits per heavy atom. The third-order valence-corrected chi connectivity index (χ3v) is 8.07. The molecule has 9 heteroatoms. The van der Waals surface area contributed by atoms with Crippen LogP contribution < -0.4 is 20.0 Å². The lowest BCUT2D eigenvalue weighted by Crippen LogP contribution is -2.38. The maximum Gasteiger partial charge on any atom is 0.271 e. The third kappa shape index (κ3) is 3.24. The first-order chi connectivity index (χ1) is 16.5. The molecule has 0 amide bonds. The van der Waals surface area contributed by atoms with Gasteiger partial charge in [0, 0.05) is 16.5 Å². The summed E-state index contributed by atoms with van der Waals surface area (Å²) in [4.78, 5) is 30.7. The van der Waals surface area contributed by atoms with Crippen LogP contribution in [0, 0.1) is 10.1 Å². The molecule has 0 unspecified atom stereocenters. The number of nitro groups is 1. The van der Waals surface area contributed by atoms with Gasteiger partial charge in [-0.3, -0.25) is 19.5 Å². The van der Waals surface area contributed by atoms with E-state index in [0.717, 1.165) is 40.6 Å². The summed E-state index contributed by atoms with van der Waals surface area (Å²) < 4.78 is 2.16. The van der Waals surface area contributed by atoms with Crippen molar-refractivity contribution in [2.45, 2.75) is 18.9 Å². The van der Waals surface area contributed by atoms with Gasteiger partial charge in [0.15, 0.2) is 4.80 Å². The van der Waals surface area contributed by atoms with Gasteiger partial charge in [0.1, 0.15) is 0 Å². The first-order valence-electron chi connectivity index (χ1n) is 10.6. The van der Waals surface area contributed by atoms with Crippen molar-refractivity contribution < 1.29 is 10.0 Å². The average Bonchev–Trinajstić information content (AvgIpc) is 3.47. The average molecular weight is 487 g/mol. The minimum Gasteiger partial charge on any atom is -0.868 e. The van der Waals surface area contributed by atoms with Gasteiger partial charge < -0.3 is 5.11 Å². The number of benzene rings is 2. The number of thiazole rings is 1. The number of nitrogens with zero attached hydrogens (tertiary/aromatic N) is 3. The molecule has 0 radical (unpaired) electrons. The van der Waals surface area contributed by atoms with Gasteiger partial charge >= 0.3 is 0 Å². The summed E-state index contributed by atoms with van der Waals surface area (Å²) in [6, 6.07) is 15.9. The highest BCUT2D eigenvalue weighted by Gasteiger charge is 2.33. The minimum atomic E-state index is -0.705. The minimum absolute atomic E-state index is 0.193. The van der Waals surface area contributed by atoms with Gasteiger partial charge in [0.05, 0.1) is 21.2 Å². The van der Waals surface area contributed by atoms with Crippen molar-refractivity contribution in [1.82, 2.24) is 4.57 Å². The van der Waals surface area contributed by atoms with Crippen molar-refractivity contribution in [3.05, 3.63) is 117 Å². The predicted molar refractivity (Wildman–Crippen MR) is 130 cm³/mol. The summed E-state index contributed by atoms with van der Waals surface area (Å²) >= 11 is 2.87. The van der Waals surface area contributed by atoms with E-state index >= 15 is 0 Å². The number of thiophene rings is 1. The molecule has 0 spiro atoms. The van der Waals surface area contributed by atoms with Crippen LogP contribution in [0.1, 0.15) is 34.0 Å². The predicted octanol–water partition coefficient (Wildman–Crippen LogP) is 3.36. The number of nitro benzene ring substituents is 1. The molecule has 0 N–H and O–H groups in total. The first kappa shape index (κ1) is 20.8. The van der Waals surface area contributed by atoms with Crippen LogP contribution in [0.3, 0.4) is 0 Å². The van der Waals surface area contributed by atoms with Crippen LogP contribution in [0.4, 0.5) is 5.69 Å². The third-order valence-electron chi connectivity index (χ3n) is 6.16.